The molecule has 20 heavy (non-hydrogen) atoms. The van der Waals surface area contributed by atoms with Gasteiger partial charge in [-0.05, 0) is 36.5 Å². The zero-order chi connectivity index (χ0) is 13.2. The van der Waals surface area contributed by atoms with E-state index >= 15 is 0 Å². The number of amides is 1. The van der Waals surface area contributed by atoms with E-state index in [1.54, 1.807) is 4.90 Å². The van der Waals surface area contributed by atoms with Gasteiger partial charge >= 0.3 is 29.6 Å². The van der Waals surface area contributed by atoms with E-state index < -0.39 is 0 Å². The Morgan fingerprint density at radius 3 is 1.90 bits per heavy atom. The molecule has 1 aliphatic rings. The van der Waals surface area contributed by atoms with Crippen molar-refractivity contribution in [3.05, 3.63) is 60.7 Å². The summed E-state index contributed by atoms with van der Waals surface area (Å²) < 4.78 is 0. The molecule has 5 heteroatoms. The second-order valence-electron chi connectivity index (χ2n) is 4.27. The molecule has 0 aliphatic carbocycles. The summed E-state index contributed by atoms with van der Waals surface area (Å²) in [5, 5.41) is 0.530. The molecule has 1 aliphatic heterocycles. The summed E-state index contributed by atoms with van der Waals surface area (Å²) in [6, 6.07) is 19.2. The molecule has 0 aromatic heterocycles. The van der Waals surface area contributed by atoms with Gasteiger partial charge in [0.1, 0.15) is 6.54 Å². The monoisotopic (exact) mass is 291 g/mol. The van der Waals surface area contributed by atoms with Gasteiger partial charge in [-0.3, -0.25) is 9.69 Å². The number of para-hydroxylation sites is 2. The number of rotatable bonds is 2. The van der Waals surface area contributed by atoms with Crippen molar-refractivity contribution >= 4 is 34.6 Å². The Hall–Kier alpha value is -1.20. The van der Waals surface area contributed by atoms with Crippen LogP contribution >= 0.6 is 12.2 Å². The van der Waals surface area contributed by atoms with Gasteiger partial charge in [0.05, 0.1) is 5.69 Å². The Morgan fingerprint density at radius 1 is 0.850 bits per heavy atom. The fourth-order valence-electron chi connectivity index (χ4n) is 2.14. The number of hydrogen-bond acceptors (Lipinski definition) is 2. The maximum Gasteiger partial charge on any atom is 1.00 e. The summed E-state index contributed by atoms with van der Waals surface area (Å²) in [7, 11) is 0. The van der Waals surface area contributed by atoms with Crippen molar-refractivity contribution in [2.45, 2.75) is 0 Å². The van der Waals surface area contributed by atoms with E-state index in [0.717, 1.165) is 11.4 Å². The molecule has 1 saturated heterocycles. The number of hydrogen-bond donors (Lipinski definition) is 0. The van der Waals surface area contributed by atoms with Crippen molar-refractivity contribution in [1.82, 2.24) is 0 Å². The van der Waals surface area contributed by atoms with Crippen LogP contribution in [0.15, 0.2) is 60.7 Å². The molecular formula is C15H12N2NaOS+. The van der Waals surface area contributed by atoms with Crippen LogP contribution in [0, 0.1) is 0 Å². The number of carbonyl (C=O) groups excluding carboxylic acids is 1. The van der Waals surface area contributed by atoms with Crippen LogP contribution in [0.2, 0.25) is 0 Å². The van der Waals surface area contributed by atoms with Crippen LogP contribution in [-0.2, 0) is 4.79 Å². The van der Waals surface area contributed by atoms with Gasteiger partial charge in [0, 0.05) is 5.69 Å². The topological polar surface area (TPSA) is 23.6 Å². The molecule has 0 saturated carbocycles. The summed E-state index contributed by atoms with van der Waals surface area (Å²) in [5.74, 6) is 0.0000491. The average molecular weight is 291 g/mol. The van der Waals surface area contributed by atoms with Crippen molar-refractivity contribution in [1.29, 1.82) is 0 Å². The van der Waals surface area contributed by atoms with Gasteiger partial charge in [-0.15, -0.1) is 0 Å². The minimum Gasteiger partial charge on any atom is -0.309 e. The van der Waals surface area contributed by atoms with Crippen LogP contribution in [0.5, 0.6) is 0 Å². The third kappa shape index (κ3) is 2.79. The zero-order valence-electron chi connectivity index (χ0n) is 11.2. The second-order valence-corrected chi connectivity index (χ2v) is 4.63. The van der Waals surface area contributed by atoms with E-state index in [2.05, 4.69) is 0 Å². The third-order valence-corrected chi connectivity index (χ3v) is 3.45. The van der Waals surface area contributed by atoms with Crippen LogP contribution in [0.3, 0.4) is 0 Å². The Labute approximate surface area is 145 Å². The van der Waals surface area contributed by atoms with Crippen molar-refractivity contribution in [3.8, 4) is 0 Å². The second kappa shape index (κ2) is 6.50. The molecular weight excluding hydrogens is 279 g/mol. The molecule has 3 nitrogen and oxygen atoms in total. The van der Waals surface area contributed by atoms with Crippen LogP contribution in [0.25, 0.3) is 0 Å². The molecule has 0 spiro atoms. The third-order valence-electron chi connectivity index (χ3n) is 3.05. The van der Waals surface area contributed by atoms with Gasteiger partial charge in [0.25, 0.3) is 5.91 Å². The van der Waals surface area contributed by atoms with E-state index in [9.17, 15) is 4.79 Å². The van der Waals surface area contributed by atoms with E-state index in [0.29, 0.717) is 5.11 Å². The molecule has 0 atom stereocenters. The van der Waals surface area contributed by atoms with Gasteiger partial charge in [-0.25, -0.2) is 0 Å². The summed E-state index contributed by atoms with van der Waals surface area (Å²) in [6.07, 6.45) is 0. The molecule has 1 heterocycles. The number of benzene rings is 2. The first-order valence-corrected chi connectivity index (χ1v) is 6.43. The number of thiocarbonyl (C=S) groups is 1. The fourth-order valence-corrected chi connectivity index (χ4v) is 2.52. The van der Waals surface area contributed by atoms with Crippen molar-refractivity contribution in [3.63, 3.8) is 0 Å². The standard InChI is InChI=1S/C15H12N2OS.Na/c18-14-11-16(12-7-3-1-4-8-12)15(19)17(14)13-9-5-2-6-10-13;/h1-10H,11H2;/q;+1. The van der Waals surface area contributed by atoms with Crippen LogP contribution in [0.4, 0.5) is 11.4 Å². The van der Waals surface area contributed by atoms with Crippen molar-refractivity contribution in [2.75, 3.05) is 16.3 Å². The zero-order valence-corrected chi connectivity index (χ0v) is 14.0. The van der Waals surface area contributed by atoms with Crippen LogP contribution in [0.1, 0.15) is 0 Å². The summed E-state index contributed by atoms with van der Waals surface area (Å²) in [4.78, 5) is 15.6. The molecule has 2 aromatic carbocycles. The predicted molar refractivity (Wildman–Crippen MR) is 80.3 cm³/mol. The van der Waals surface area contributed by atoms with Crippen LogP contribution < -0.4 is 39.4 Å². The van der Waals surface area contributed by atoms with E-state index in [1.165, 1.54) is 0 Å². The van der Waals surface area contributed by atoms with Crippen molar-refractivity contribution in [2.24, 2.45) is 0 Å². The Balaban J connectivity index is 0.00000147. The van der Waals surface area contributed by atoms with Gasteiger partial charge in [0.2, 0.25) is 0 Å². The quantitative estimate of drug-likeness (QED) is 0.567. The largest absolute Gasteiger partial charge is 1.00 e. The Bertz CT molecular complexity index is 618. The van der Waals surface area contributed by atoms with E-state index in [4.69, 9.17) is 12.2 Å². The molecule has 2 aromatic rings. The number of nitrogens with zero attached hydrogens (tertiary/aromatic N) is 2. The molecule has 0 bridgehead atoms. The molecule has 1 fully saturated rings. The van der Waals surface area contributed by atoms with Crippen molar-refractivity contribution < 1.29 is 34.4 Å². The molecule has 3 rings (SSSR count). The van der Waals surface area contributed by atoms with Gasteiger partial charge in [0.15, 0.2) is 5.11 Å². The minimum atomic E-state index is 0. The first kappa shape index (κ1) is 15.2. The molecule has 0 unspecified atom stereocenters. The first-order chi connectivity index (χ1) is 9.27. The summed E-state index contributed by atoms with van der Waals surface area (Å²) >= 11 is 5.43. The first-order valence-electron chi connectivity index (χ1n) is 6.02. The van der Waals surface area contributed by atoms with Gasteiger partial charge in [-0.1, -0.05) is 36.4 Å². The molecule has 94 valence electrons. The number of anilines is 2. The SMILES string of the molecule is O=C1CN(c2ccccc2)C(=S)N1c1ccccc1.[Na+]. The summed E-state index contributed by atoms with van der Waals surface area (Å²) in [5.41, 5.74) is 1.76. The average Bonchev–Trinajstić information content (AvgIpc) is 2.76. The van der Waals surface area contributed by atoms with E-state index in [-0.39, 0.29) is 42.0 Å². The Morgan fingerprint density at radius 2 is 1.35 bits per heavy atom. The normalized spacial score (nSPS) is 14.4. The van der Waals surface area contributed by atoms with Gasteiger partial charge in [-0.2, -0.15) is 0 Å². The van der Waals surface area contributed by atoms with Gasteiger partial charge < -0.3 is 4.90 Å². The maximum atomic E-state index is 12.2. The van der Waals surface area contributed by atoms with Crippen LogP contribution in [-0.4, -0.2) is 17.6 Å². The summed E-state index contributed by atoms with van der Waals surface area (Å²) in [6.45, 7) is 0.289. The number of carbonyl (C=O) groups is 1. The Kier molecular flexibility index (Phi) is 4.94. The molecule has 0 N–H and O–H groups in total. The fraction of sp³-hybridized carbons (Fsp3) is 0.0667. The minimum absolute atomic E-state index is 0. The predicted octanol–water partition coefficient (Wildman–Crippen LogP) is -0.171. The molecule has 1 amide bonds. The smallest absolute Gasteiger partial charge is 0.309 e. The van der Waals surface area contributed by atoms with E-state index in [1.807, 2.05) is 65.6 Å². The maximum absolute atomic E-state index is 12.2. The molecule has 0 radical (unpaired) electrons.